The second-order valence-electron chi connectivity index (χ2n) is 6.34. The van der Waals surface area contributed by atoms with Crippen LogP contribution in [0.25, 0.3) is 0 Å². The first-order valence-electron chi connectivity index (χ1n) is 7.06. The zero-order chi connectivity index (χ0) is 15.7. The van der Waals surface area contributed by atoms with Crippen LogP contribution in [0.2, 0.25) is 0 Å². The zero-order valence-corrected chi connectivity index (χ0v) is 13.3. The van der Waals surface area contributed by atoms with Crippen molar-refractivity contribution in [3.8, 4) is 0 Å². The Labute approximate surface area is 126 Å². The summed E-state index contributed by atoms with van der Waals surface area (Å²) < 4.78 is 44.8. The SMILES string of the molecule is CC(C)(C)NCc1sc(C2CCCOC2)nc1C(F)(F)F. The number of rotatable bonds is 3. The van der Waals surface area contributed by atoms with Gasteiger partial charge in [-0.15, -0.1) is 11.3 Å². The second-order valence-corrected chi connectivity index (χ2v) is 7.45. The number of hydrogen-bond donors (Lipinski definition) is 1. The number of hydrogen-bond acceptors (Lipinski definition) is 4. The predicted molar refractivity (Wildman–Crippen MR) is 76.5 cm³/mol. The van der Waals surface area contributed by atoms with E-state index in [4.69, 9.17) is 4.74 Å². The van der Waals surface area contributed by atoms with E-state index in [-0.39, 0.29) is 22.9 Å². The summed E-state index contributed by atoms with van der Waals surface area (Å²) in [5, 5.41) is 3.65. The van der Waals surface area contributed by atoms with Gasteiger partial charge in [0.25, 0.3) is 0 Å². The lowest BCUT2D eigenvalue weighted by molar-refractivity contribution is -0.141. The monoisotopic (exact) mass is 322 g/mol. The summed E-state index contributed by atoms with van der Waals surface area (Å²) in [5.74, 6) is -0.00626. The number of halogens is 3. The third-order valence-corrected chi connectivity index (χ3v) is 4.49. The van der Waals surface area contributed by atoms with Crippen LogP contribution in [0.1, 0.15) is 55.1 Å². The molecule has 7 heteroatoms. The Hall–Kier alpha value is -0.660. The lowest BCUT2D eigenvalue weighted by Crippen LogP contribution is -2.35. The van der Waals surface area contributed by atoms with Crippen LogP contribution in [0.3, 0.4) is 0 Å². The van der Waals surface area contributed by atoms with Crippen molar-refractivity contribution in [2.24, 2.45) is 0 Å². The third-order valence-electron chi connectivity index (χ3n) is 3.27. The van der Waals surface area contributed by atoms with Crippen LogP contribution in [-0.2, 0) is 17.5 Å². The second kappa shape index (κ2) is 6.22. The smallest absolute Gasteiger partial charge is 0.381 e. The molecule has 1 N–H and O–H groups in total. The number of nitrogens with one attached hydrogen (secondary N) is 1. The van der Waals surface area contributed by atoms with E-state index >= 15 is 0 Å². The molecule has 1 saturated heterocycles. The van der Waals surface area contributed by atoms with E-state index in [2.05, 4.69) is 10.3 Å². The molecule has 0 radical (unpaired) electrons. The first kappa shape index (κ1) is 16.7. The van der Waals surface area contributed by atoms with E-state index in [1.165, 1.54) is 0 Å². The van der Waals surface area contributed by atoms with Crippen LogP contribution in [0, 0.1) is 0 Å². The summed E-state index contributed by atoms with van der Waals surface area (Å²) in [6.45, 7) is 7.12. The molecule has 0 amide bonds. The average molecular weight is 322 g/mol. The summed E-state index contributed by atoms with van der Waals surface area (Å²) in [7, 11) is 0. The molecule has 0 bridgehead atoms. The summed E-state index contributed by atoms with van der Waals surface area (Å²) in [4.78, 5) is 4.14. The van der Waals surface area contributed by atoms with Gasteiger partial charge in [0.05, 0.1) is 16.5 Å². The molecule has 1 aromatic heterocycles. The van der Waals surface area contributed by atoms with Gasteiger partial charge in [-0.05, 0) is 33.6 Å². The Bertz CT molecular complexity index is 474. The van der Waals surface area contributed by atoms with Gasteiger partial charge in [0, 0.05) is 24.6 Å². The summed E-state index contributed by atoms with van der Waals surface area (Å²) in [5.41, 5.74) is -0.981. The fourth-order valence-corrected chi connectivity index (χ4v) is 3.31. The summed E-state index contributed by atoms with van der Waals surface area (Å²) in [6.07, 6.45) is -2.68. The Morgan fingerprint density at radius 2 is 2.05 bits per heavy atom. The maximum atomic E-state index is 13.1. The Morgan fingerprint density at radius 1 is 1.33 bits per heavy atom. The molecule has 2 heterocycles. The third kappa shape index (κ3) is 4.66. The fraction of sp³-hybridized carbons (Fsp3) is 0.786. The minimum absolute atomic E-state index is 0.00626. The van der Waals surface area contributed by atoms with E-state index in [0.29, 0.717) is 18.2 Å². The zero-order valence-electron chi connectivity index (χ0n) is 12.5. The van der Waals surface area contributed by atoms with Gasteiger partial charge in [-0.25, -0.2) is 4.98 Å². The molecule has 120 valence electrons. The van der Waals surface area contributed by atoms with Gasteiger partial charge in [-0.1, -0.05) is 0 Å². The van der Waals surface area contributed by atoms with Crippen LogP contribution in [0.4, 0.5) is 13.2 Å². The molecule has 0 aromatic carbocycles. The molecule has 1 aromatic rings. The quantitative estimate of drug-likeness (QED) is 0.915. The van der Waals surface area contributed by atoms with Crippen molar-refractivity contribution >= 4 is 11.3 Å². The fourth-order valence-electron chi connectivity index (χ4n) is 2.17. The van der Waals surface area contributed by atoms with E-state index in [1.807, 2.05) is 20.8 Å². The van der Waals surface area contributed by atoms with Crippen molar-refractivity contribution in [3.05, 3.63) is 15.6 Å². The number of nitrogens with zero attached hydrogens (tertiary/aromatic N) is 1. The maximum absolute atomic E-state index is 13.1. The molecule has 1 aliphatic heterocycles. The largest absolute Gasteiger partial charge is 0.434 e. The molecule has 2 rings (SSSR count). The predicted octanol–water partition coefficient (Wildman–Crippen LogP) is 3.94. The molecular formula is C14H21F3N2OS. The lowest BCUT2D eigenvalue weighted by Gasteiger charge is -2.20. The Balaban J connectivity index is 2.22. The number of thiazole rings is 1. The first-order valence-corrected chi connectivity index (χ1v) is 7.88. The van der Waals surface area contributed by atoms with E-state index in [1.54, 1.807) is 0 Å². The standard InChI is InChI=1S/C14H21F3N2OS/c1-13(2,3)18-7-10-11(14(15,16)17)19-12(21-10)9-5-4-6-20-8-9/h9,18H,4-8H2,1-3H3. The van der Waals surface area contributed by atoms with Crippen LogP contribution >= 0.6 is 11.3 Å². The van der Waals surface area contributed by atoms with Gasteiger partial charge < -0.3 is 10.1 Å². The number of alkyl halides is 3. The maximum Gasteiger partial charge on any atom is 0.434 e. The van der Waals surface area contributed by atoms with E-state index in [9.17, 15) is 13.2 Å². The number of ether oxygens (including phenoxy) is 1. The van der Waals surface area contributed by atoms with Gasteiger partial charge >= 0.3 is 6.18 Å². The summed E-state index contributed by atoms with van der Waals surface area (Å²) in [6, 6.07) is 0. The van der Waals surface area contributed by atoms with Crippen LogP contribution in [-0.4, -0.2) is 23.7 Å². The van der Waals surface area contributed by atoms with E-state index in [0.717, 1.165) is 24.2 Å². The van der Waals surface area contributed by atoms with Crippen molar-refractivity contribution in [1.29, 1.82) is 0 Å². The first-order chi connectivity index (χ1) is 9.67. The van der Waals surface area contributed by atoms with Crippen molar-refractivity contribution in [1.82, 2.24) is 10.3 Å². The molecule has 1 aliphatic rings. The molecule has 21 heavy (non-hydrogen) atoms. The topological polar surface area (TPSA) is 34.1 Å². The normalized spacial score (nSPS) is 20.8. The molecule has 3 nitrogen and oxygen atoms in total. The summed E-state index contributed by atoms with van der Waals surface area (Å²) >= 11 is 1.16. The van der Waals surface area contributed by atoms with E-state index < -0.39 is 11.9 Å². The van der Waals surface area contributed by atoms with Crippen molar-refractivity contribution < 1.29 is 17.9 Å². The minimum Gasteiger partial charge on any atom is -0.381 e. The average Bonchev–Trinajstić information content (AvgIpc) is 2.81. The van der Waals surface area contributed by atoms with Crippen LogP contribution in [0.5, 0.6) is 0 Å². The van der Waals surface area contributed by atoms with Crippen molar-refractivity contribution in [2.45, 2.75) is 57.8 Å². The molecule has 1 unspecified atom stereocenters. The van der Waals surface area contributed by atoms with Gasteiger partial charge in [0.1, 0.15) is 0 Å². The van der Waals surface area contributed by atoms with Gasteiger partial charge in [-0.3, -0.25) is 0 Å². The minimum atomic E-state index is -4.40. The highest BCUT2D eigenvalue weighted by atomic mass is 32.1. The molecule has 0 aliphatic carbocycles. The highest BCUT2D eigenvalue weighted by Gasteiger charge is 2.38. The lowest BCUT2D eigenvalue weighted by atomic mass is 10.0. The molecule has 0 saturated carbocycles. The van der Waals surface area contributed by atoms with Gasteiger partial charge in [0.15, 0.2) is 5.69 Å². The van der Waals surface area contributed by atoms with Crippen LogP contribution in [0.15, 0.2) is 0 Å². The Morgan fingerprint density at radius 3 is 2.57 bits per heavy atom. The van der Waals surface area contributed by atoms with Gasteiger partial charge in [-0.2, -0.15) is 13.2 Å². The molecular weight excluding hydrogens is 301 g/mol. The van der Waals surface area contributed by atoms with Crippen molar-refractivity contribution in [3.63, 3.8) is 0 Å². The molecule has 1 fully saturated rings. The molecule has 0 spiro atoms. The Kier molecular flexibility index (Phi) is 4.95. The number of aromatic nitrogens is 1. The van der Waals surface area contributed by atoms with Gasteiger partial charge in [0.2, 0.25) is 0 Å². The highest BCUT2D eigenvalue weighted by Crippen LogP contribution is 2.38. The molecule has 1 atom stereocenters. The van der Waals surface area contributed by atoms with Crippen molar-refractivity contribution in [2.75, 3.05) is 13.2 Å². The van der Waals surface area contributed by atoms with Crippen LogP contribution < -0.4 is 5.32 Å². The highest BCUT2D eigenvalue weighted by molar-refractivity contribution is 7.11.